The van der Waals surface area contributed by atoms with Crippen molar-refractivity contribution in [2.45, 2.75) is 6.10 Å². The van der Waals surface area contributed by atoms with E-state index in [0.29, 0.717) is 0 Å². The van der Waals surface area contributed by atoms with E-state index in [-0.39, 0.29) is 135 Å². The fourth-order valence-corrected chi connectivity index (χ4v) is 3.11. The Kier molecular flexibility index (Phi) is 14.0. The first-order valence-corrected chi connectivity index (χ1v) is 8.67. The molecule has 0 aliphatic heterocycles. The third kappa shape index (κ3) is 7.46. The average Bonchev–Trinajstić information content (AvgIpc) is 2.71. The second-order valence-corrected chi connectivity index (χ2v) is 6.49. The fourth-order valence-electron chi connectivity index (χ4n) is 3.11. The van der Waals surface area contributed by atoms with E-state index in [0.717, 1.165) is 36.4 Å². The average molecular weight is 539 g/mol. The number of allylic oxidation sites excluding steroid dienone is 3. The van der Waals surface area contributed by atoms with E-state index in [1.807, 2.05) is 0 Å². The first-order valence-electron chi connectivity index (χ1n) is 8.67. The molecular formula is C22H10Ca3O9. The summed E-state index contributed by atoms with van der Waals surface area (Å²) in [5.41, 5.74) is -1.72. The number of carboxylic acid groups (broad SMARTS) is 3. The molecule has 0 spiro atoms. The van der Waals surface area contributed by atoms with Crippen LogP contribution < -0.4 is 30.6 Å². The number of rotatable bonds is 5. The van der Waals surface area contributed by atoms with Gasteiger partial charge in [-0.3, -0.25) is 0 Å². The van der Waals surface area contributed by atoms with Crippen molar-refractivity contribution in [2.75, 3.05) is 0 Å². The van der Waals surface area contributed by atoms with Crippen LogP contribution in [0, 0.1) is 0 Å². The maximum absolute atomic E-state index is 11.9. The van der Waals surface area contributed by atoms with E-state index in [4.69, 9.17) is 0 Å². The molecule has 1 atom stereocenters. The molecule has 158 valence electrons. The quantitative estimate of drug-likeness (QED) is 0.336. The van der Waals surface area contributed by atoms with Gasteiger partial charge in [-0.2, -0.15) is 0 Å². The summed E-state index contributed by atoms with van der Waals surface area (Å²) >= 11 is 0. The van der Waals surface area contributed by atoms with Crippen LogP contribution in [0.3, 0.4) is 0 Å². The number of hydrogen-bond acceptors (Lipinski definition) is 9. The first-order chi connectivity index (χ1) is 14.6. The van der Waals surface area contributed by atoms with Gasteiger partial charge in [0.25, 0.3) is 0 Å². The molecule has 9 nitrogen and oxygen atoms in total. The molecule has 34 heavy (non-hydrogen) atoms. The number of aliphatic carboxylic acids is 1. The Labute approximate surface area is 283 Å². The second kappa shape index (κ2) is 14.2. The molecule has 0 heterocycles. The Balaban J connectivity index is 0.00000363. The van der Waals surface area contributed by atoms with Crippen LogP contribution in [0.5, 0.6) is 11.5 Å². The summed E-state index contributed by atoms with van der Waals surface area (Å²) in [6.07, 6.45) is 1.55. The molecule has 1 unspecified atom stereocenters. The summed E-state index contributed by atoms with van der Waals surface area (Å²) in [6.45, 7) is 0. The summed E-state index contributed by atoms with van der Waals surface area (Å²) in [5.74, 6) is -6.93. The number of hydrogen-bond donors (Lipinski definition) is 0. The first kappa shape index (κ1) is 33.4. The van der Waals surface area contributed by atoms with Crippen LogP contribution >= 0.6 is 0 Å². The minimum Gasteiger partial charge on any atom is -0.872 e. The molecule has 0 bridgehead atoms. The van der Waals surface area contributed by atoms with Gasteiger partial charge < -0.3 is 45.0 Å². The number of carboxylic acids is 3. The third-order valence-corrected chi connectivity index (χ3v) is 4.57. The van der Waals surface area contributed by atoms with Crippen LogP contribution in [0.4, 0.5) is 0 Å². The Hall–Kier alpha value is -0.591. The van der Waals surface area contributed by atoms with Crippen molar-refractivity contribution in [3.63, 3.8) is 0 Å². The van der Waals surface area contributed by atoms with Gasteiger partial charge in [0.1, 0.15) is 0 Å². The van der Waals surface area contributed by atoms with E-state index in [9.17, 15) is 45.0 Å². The summed E-state index contributed by atoms with van der Waals surface area (Å²) in [4.78, 5) is 33.8. The van der Waals surface area contributed by atoms with E-state index in [1.54, 1.807) is 0 Å². The van der Waals surface area contributed by atoms with E-state index in [2.05, 4.69) is 0 Å². The number of carbonyl (C=O) groups excluding carboxylic acids is 3. The second-order valence-electron chi connectivity index (χ2n) is 6.49. The normalized spacial score (nSPS) is 14.0. The largest absolute Gasteiger partial charge is 2.00 e. The van der Waals surface area contributed by atoms with Gasteiger partial charge in [0.05, 0.1) is 17.9 Å². The van der Waals surface area contributed by atoms with Crippen LogP contribution in [0.1, 0.15) is 31.8 Å². The zero-order chi connectivity index (χ0) is 22.9. The molecule has 0 amide bonds. The maximum atomic E-state index is 11.9. The molecule has 0 aromatic heterocycles. The van der Waals surface area contributed by atoms with Crippen molar-refractivity contribution in [1.82, 2.24) is 0 Å². The van der Waals surface area contributed by atoms with Crippen molar-refractivity contribution < 1.29 is 45.0 Å². The molecule has 0 radical (unpaired) electrons. The number of benzene rings is 2. The van der Waals surface area contributed by atoms with Gasteiger partial charge in [0.15, 0.2) is 0 Å². The molecule has 3 rings (SSSR count). The Morgan fingerprint density at radius 3 is 1.53 bits per heavy atom. The molecule has 2 aromatic carbocycles. The summed E-state index contributed by atoms with van der Waals surface area (Å²) < 4.78 is 0. The van der Waals surface area contributed by atoms with Crippen LogP contribution in [-0.2, 0) is 4.79 Å². The van der Waals surface area contributed by atoms with Crippen LogP contribution in [-0.4, -0.2) is 137 Å². The number of aromatic carboxylic acids is 2. The fraction of sp³-hybridized carbons (Fsp3) is 0.0455. The van der Waals surface area contributed by atoms with Gasteiger partial charge in [-0.25, -0.2) is 0 Å². The van der Waals surface area contributed by atoms with Crippen molar-refractivity contribution in [1.29, 1.82) is 0 Å². The molecule has 2 aromatic rings. The van der Waals surface area contributed by atoms with E-state index >= 15 is 0 Å². The van der Waals surface area contributed by atoms with Gasteiger partial charge in [-0.1, -0.05) is 60.1 Å². The predicted octanol–water partition coefficient (Wildman–Crippen LogP) is -4.80. The Morgan fingerprint density at radius 1 is 0.706 bits per heavy atom. The van der Waals surface area contributed by atoms with Gasteiger partial charge in [-0.05, 0) is 51.1 Å². The summed E-state index contributed by atoms with van der Waals surface area (Å²) in [5, 5.41) is 69.3. The summed E-state index contributed by atoms with van der Waals surface area (Å²) in [7, 11) is 0. The smallest absolute Gasteiger partial charge is 0.872 e. The minimum absolute atomic E-state index is 0. The standard InChI is InChI=1S/C22H15O9.3Ca/c23-16-4-1-10(7-13(16)20(26)27)19(11-2-5-17(24)14(8-11)21(28)29)12-3-6-18(25)15(9-12)22(30)31;;;/h1-9,16,24-25H,(H,26,27)(H,28,29)(H,30,31);;;/q-1;3*+2/p-5. The summed E-state index contributed by atoms with van der Waals surface area (Å²) in [6, 6.07) is 6.26. The van der Waals surface area contributed by atoms with Crippen molar-refractivity contribution in [2.24, 2.45) is 0 Å². The van der Waals surface area contributed by atoms with E-state index in [1.165, 1.54) is 18.2 Å². The SMILES string of the molecule is O=C([O-])C1=CC(=C(c2ccc([O-])c(C(=O)[O-])c2)c2ccc([O-])c(C(=O)[O-])c2)C=CC1[O-].[Ca+2].[Ca+2].[Ca+2]. The molecule has 12 heteroatoms. The van der Waals surface area contributed by atoms with Crippen molar-refractivity contribution >= 4 is 137 Å². The maximum Gasteiger partial charge on any atom is 2.00 e. The molecule has 1 aliphatic carbocycles. The Morgan fingerprint density at radius 2 is 1.15 bits per heavy atom. The molecule has 0 N–H and O–H groups in total. The van der Waals surface area contributed by atoms with Crippen LogP contribution in [0.15, 0.2) is 65.8 Å². The third-order valence-electron chi connectivity index (χ3n) is 4.57. The van der Waals surface area contributed by atoms with Crippen molar-refractivity contribution in [3.8, 4) is 11.5 Å². The van der Waals surface area contributed by atoms with Gasteiger partial charge in [0.2, 0.25) is 0 Å². The monoisotopic (exact) mass is 538 g/mol. The zero-order valence-electron chi connectivity index (χ0n) is 17.6. The van der Waals surface area contributed by atoms with Gasteiger partial charge >= 0.3 is 113 Å². The van der Waals surface area contributed by atoms with Crippen LogP contribution in [0.2, 0.25) is 0 Å². The van der Waals surface area contributed by atoms with Gasteiger partial charge in [-0.15, -0.1) is 0 Å². The Bertz CT molecular complexity index is 1150. The molecule has 0 fully saturated rings. The van der Waals surface area contributed by atoms with E-state index < -0.39 is 52.2 Å². The van der Waals surface area contributed by atoms with Crippen molar-refractivity contribution in [3.05, 3.63) is 88.0 Å². The molecular weight excluding hydrogens is 528 g/mol. The molecule has 0 saturated heterocycles. The molecule has 1 aliphatic rings. The van der Waals surface area contributed by atoms with Gasteiger partial charge in [0, 0.05) is 0 Å². The minimum atomic E-state index is -1.76. The molecule has 0 saturated carbocycles. The topological polar surface area (TPSA) is 190 Å². The predicted molar refractivity (Wildman–Crippen MR) is 110 cm³/mol. The number of carbonyl (C=O) groups is 3. The van der Waals surface area contributed by atoms with Crippen LogP contribution in [0.25, 0.3) is 5.57 Å². The zero-order valence-corrected chi connectivity index (χ0v) is 24.2.